The van der Waals surface area contributed by atoms with E-state index < -0.39 is 6.04 Å². The van der Waals surface area contributed by atoms with Crippen LogP contribution in [0, 0.1) is 0 Å². The van der Waals surface area contributed by atoms with Crippen LogP contribution < -0.4 is 5.32 Å². The molecule has 0 unspecified atom stereocenters. The summed E-state index contributed by atoms with van der Waals surface area (Å²) >= 11 is 0. The molecule has 2 aliphatic heterocycles. The van der Waals surface area contributed by atoms with Crippen molar-refractivity contribution in [3.63, 3.8) is 0 Å². The largest absolute Gasteiger partial charge is 0.345 e. The number of rotatable bonds is 5. The third-order valence-electron chi connectivity index (χ3n) is 6.33. The molecular weight excluding hydrogens is 370 g/mol. The Balaban J connectivity index is 1.44. The van der Waals surface area contributed by atoms with Gasteiger partial charge in [0.05, 0.1) is 23.5 Å². The number of aromatic nitrogens is 2. The van der Waals surface area contributed by atoms with Crippen molar-refractivity contribution in [3.05, 3.63) is 17.5 Å². The minimum atomic E-state index is -0.500. The van der Waals surface area contributed by atoms with E-state index in [0.717, 1.165) is 62.9 Å². The lowest BCUT2D eigenvalue weighted by Gasteiger charge is -2.34. The zero-order chi connectivity index (χ0) is 20.5. The number of hydrogen-bond donors (Lipinski definition) is 1. The number of hydrogen-bond acceptors (Lipinski definition) is 4. The molecule has 8 heteroatoms. The molecule has 0 spiro atoms. The first-order valence-electron chi connectivity index (χ1n) is 10.9. The van der Waals surface area contributed by atoms with Gasteiger partial charge < -0.3 is 15.1 Å². The second-order valence-electron chi connectivity index (χ2n) is 8.64. The lowest BCUT2D eigenvalue weighted by Crippen LogP contribution is -2.49. The third-order valence-corrected chi connectivity index (χ3v) is 6.33. The molecule has 0 aromatic carbocycles. The van der Waals surface area contributed by atoms with Gasteiger partial charge in [-0.3, -0.25) is 19.1 Å². The van der Waals surface area contributed by atoms with Gasteiger partial charge in [0.15, 0.2) is 0 Å². The van der Waals surface area contributed by atoms with Crippen molar-refractivity contribution in [2.24, 2.45) is 0 Å². The second-order valence-corrected chi connectivity index (χ2v) is 8.64. The van der Waals surface area contributed by atoms with Crippen molar-refractivity contribution in [1.82, 2.24) is 24.9 Å². The molecule has 1 aliphatic carbocycles. The maximum absolute atomic E-state index is 13.0. The van der Waals surface area contributed by atoms with Gasteiger partial charge in [0.1, 0.15) is 6.04 Å². The molecule has 1 aromatic rings. The Morgan fingerprint density at radius 1 is 1.03 bits per heavy atom. The Hall–Kier alpha value is -2.38. The fourth-order valence-electron chi connectivity index (χ4n) is 4.65. The first-order chi connectivity index (χ1) is 14.0. The number of nitrogens with one attached hydrogen (secondary N) is 1. The van der Waals surface area contributed by atoms with Crippen molar-refractivity contribution in [2.75, 3.05) is 26.2 Å². The first-order valence-corrected chi connectivity index (χ1v) is 10.9. The van der Waals surface area contributed by atoms with Crippen molar-refractivity contribution >= 4 is 17.7 Å². The summed E-state index contributed by atoms with van der Waals surface area (Å²) in [4.78, 5) is 40.5. The van der Waals surface area contributed by atoms with Gasteiger partial charge in [0.25, 0.3) is 5.91 Å². The van der Waals surface area contributed by atoms with Gasteiger partial charge in [-0.1, -0.05) is 0 Å². The van der Waals surface area contributed by atoms with Crippen LogP contribution in [0.5, 0.6) is 0 Å². The van der Waals surface area contributed by atoms with Gasteiger partial charge in [-0.05, 0) is 45.4 Å². The zero-order valence-electron chi connectivity index (χ0n) is 17.4. The summed E-state index contributed by atoms with van der Waals surface area (Å²) in [5.41, 5.74) is 1.89. The first kappa shape index (κ1) is 19.9. The highest BCUT2D eigenvalue weighted by atomic mass is 16.2. The maximum Gasteiger partial charge on any atom is 0.257 e. The number of carbonyl (C=O) groups excluding carboxylic acids is 3. The summed E-state index contributed by atoms with van der Waals surface area (Å²) in [5.74, 6) is 0.346. The standard InChI is InChI=1S/C21H31N5O3/c1-14(23-15(2)27)20(28)25-11-7-17(8-12-25)26-19(16-5-6-16)18(13-22-26)21(29)24-9-3-4-10-24/h13-14,16-17H,3-12H2,1-2H3,(H,23,27)/t14-/m0/s1. The van der Waals surface area contributed by atoms with Crippen molar-refractivity contribution < 1.29 is 14.4 Å². The van der Waals surface area contributed by atoms with Crippen LogP contribution >= 0.6 is 0 Å². The predicted molar refractivity (Wildman–Crippen MR) is 107 cm³/mol. The SMILES string of the molecule is CC(=O)N[C@@H](C)C(=O)N1CCC(n2ncc(C(=O)N3CCCC3)c2C2CC2)CC1. The molecular formula is C21H31N5O3. The van der Waals surface area contributed by atoms with Crippen LogP contribution in [0.25, 0.3) is 0 Å². The van der Waals surface area contributed by atoms with E-state index in [4.69, 9.17) is 0 Å². The van der Waals surface area contributed by atoms with Crippen molar-refractivity contribution in [1.29, 1.82) is 0 Å². The molecule has 0 bridgehead atoms. The molecule has 1 atom stereocenters. The molecule has 0 radical (unpaired) electrons. The Morgan fingerprint density at radius 3 is 2.28 bits per heavy atom. The fourth-order valence-corrected chi connectivity index (χ4v) is 4.65. The highest BCUT2D eigenvalue weighted by Crippen LogP contribution is 2.43. The highest BCUT2D eigenvalue weighted by molar-refractivity contribution is 5.95. The molecule has 1 N–H and O–H groups in total. The average molecular weight is 402 g/mol. The van der Waals surface area contributed by atoms with Gasteiger partial charge in [0, 0.05) is 39.0 Å². The molecule has 1 aromatic heterocycles. The van der Waals surface area contributed by atoms with Gasteiger partial charge in [-0.15, -0.1) is 0 Å². The molecule has 29 heavy (non-hydrogen) atoms. The van der Waals surface area contributed by atoms with Gasteiger partial charge >= 0.3 is 0 Å². The molecule has 4 rings (SSSR count). The number of nitrogens with zero attached hydrogens (tertiary/aromatic N) is 4. The number of likely N-dealkylation sites (tertiary alicyclic amines) is 2. The summed E-state index contributed by atoms with van der Waals surface area (Å²) in [5, 5.41) is 7.31. The van der Waals surface area contributed by atoms with E-state index in [-0.39, 0.29) is 23.8 Å². The number of amides is 3. The van der Waals surface area contributed by atoms with Crippen molar-refractivity contribution in [3.8, 4) is 0 Å². The second kappa shape index (κ2) is 8.16. The third kappa shape index (κ3) is 4.16. The van der Waals surface area contributed by atoms with Gasteiger partial charge in [0.2, 0.25) is 11.8 Å². The number of piperidine rings is 1. The molecule has 3 amide bonds. The van der Waals surface area contributed by atoms with E-state index in [1.165, 1.54) is 6.92 Å². The summed E-state index contributed by atoms with van der Waals surface area (Å²) in [6, 6.07) is -0.286. The molecule has 8 nitrogen and oxygen atoms in total. The van der Waals surface area contributed by atoms with Crippen LogP contribution in [0.2, 0.25) is 0 Å². The Bertz CT molecular complexity index is 786. The van der Waals surface area contributed by atoms with E-state index in [1.54, 1.807) is 13.1 Å². The van der Waals surface area contributed by atoms with Crippen LogP contribution in [-0.2, 0) is 9.59 Å². The topological polar surface area (TPSA) is 87.5 Å². The minimum absolute atomic E-state index is 0.0357. The van der Waals surface area contributed by atoms with Crippen LogP contribution in [0.4, 0.5) is 0 Å². The van der Waals surface area contributed by atoms with E-state index in [0.29, 0.717) is 19.0 Å². The Labute approximate surface area is 171 Å². The quantitative estimate of drug-likeness (QED) is 0.813. The van der Waals surface area contributed by atoms with Crippen molar-refractivity contribution in [2.45, 2.75) is 70.4 Å². The van der Waals surface area contributed by atoms with Gasteiger partial charge in [-0.2, -0.15) is 5.10 Å². The average Bonchev–Trinajstić information content (AvgIpc) is 3.22. The van der Waals surface area contributed by atoms with E-state index in [9.17, 15) is 14.4 Å². The molecule has 158 valence electrons. The summed E-state index contributed by atoms with van der Waals surface area (Å²) in [6.07, 6.45) is 7.82. The zero-order valence-corrected chi connectivity index (χ0v) is 17.4. The fraction of sp³-hybridized carbons (Fsp3) is 0.714. The summed E-state index contributed by atoms with van der Waals surface area (Å²) < 4.78 is 2.08. The Kier molecular flexibility index (Phi) is 5.61. The van der Waals surface area contributed by atoms with Crippen LogP contribution in [0.1, 0.15) is 80.4 Å². The normalized spacial score (nSPS) is 21.3. The molecule has 3 heterocycles. The van der Waals surface area contributed by atoms with E-state index in [2.05, 4.69) is 15.1 Å². The van der Waals surface area contributed by atoms with Crippen LogP contribution in [0.3, 0.4) is 0 Å². The Morgan fingerprint density at radius 2 is 1.69 bits per heavy atom. The number of carbonyl (C=O) groups is 3. The van der Waals surface area contributed by atoms with Crippen LogP contribution in [0.15, 0.2) is 6.20 Å². The lowest BCUT2D eigenvalue weighted by atomic mass is 10.0. The van der Waals surface area contributed by atoms with E-state index in [1.807, 2.05) is 9.80 Å². The maximum atomic E-state index is 13.0. The molecule has 1 saturated carbocycles. The van der Waals surface area contributed by atoms with Crippen LogP contribution in [-0.4, -0.2) is 69.5 Å². The lowest BCUT2D eigenvalue weighted by molar-refractivity contribution is -0.136. The summed E-state index contributed by atoms with van der Waals surface area (Å²) in [6.45, 7) is 6.14. The monoisotopic (exact) mass is 401 g/mol. The predicted octanol–water partition coefficient (Wildman–Crippen LogP) is 1.68. The smallest absolute Gasteiger partial charge is 0.257 e. The van der Waals surface area contributed by atoms with Gasteiger partial charge in [-0.25, -0.2) is 0 Å². The summed E-state index contributed by atoms with van der Waals surface area (Å²) in [7, 11) is 0. The van der Waals surface area contributed by atoms with E-state index >= 15 is 0 Å². The highest BCUT2D eigenvalue weighted by Gasteiger charge is 2.37. The molecule has 2 saturated heterocycles. The molecule has 3 aliphatic rings. The minimum Gasteiger partial charge on any atom is -0.345 e. The molecule has 3 fully saturated rings.